The predicted molar refractivity (Wildman–Crippen MR) is 82.4 cm³/mol. The molecule has 0 aliphatic heterocycles. The van der Waals surface area contributed by atoms with Crippen LogP contribution in [0.1, 0.15) is 24.3 Å². The molecule has 0 radical (unpaired) electrons. The first kappa shape index (κ1) is 14.6. The van der Waals surface area contributed by atoms with Crippen LogP contribution in [-0.4, -0.2) is 7.11 Å². The molecular weight excluding hydrogens is 374 g/mol. The zero-order chi connectivity index (χ0) is 13.8. The average molecular weight is 389 g/mol. The number of ether oxygens (including phenoxy) is 1. The summed E-state index contributed by atoms with van der Waals surface area (Å²) in [6, 6.07) is 8.14. The molecule has 1 unspecified atom stereocenters. The van der Waals surface area contributed by atoms with Crippen molar-refractivity contribution >= 4 is 31.9 Å². The number of halogens is 2. The predicted octanol–water partition coefficient (Wildman–Crippen LogP) is 4.66. The minimum Gasteiger partial charge on any atom is -0.494 e. The number of hydrogen-bond donors (Lipinski definition) is 1. The molecule has 2 rings (SSSR count). The highest BCUT2D eigenvalue weighted by Gasteiger charge is 2.10. The SMILES string of the molecule is COc1c(Br)cc(CNC(C)c2ccco2)cc1Br. The van der Waals surface area contributed by atoms with Crippen LogP contribution >= 0.6 is 31.9 Å². The van der Waals surface area contributed by atoms with Crippen LogP contribution in [0.3, 0.4) is 0 Å². The number of benzene rings is 1. The van der Waals surface area contributed by atoms with E-state index in [-0.39, 0.29) is 6.04 Å². The molecule has 1 atom stereocenters. The van der Waals surface area contributed by atoms with E-state index in [9.17, 15) is 0 Å². The van der Waals surface area contributed by atoms with Crippen molar-refractivity contribution in [2.24, 2.45) is 0 Å². The summed E-state index contributed by atoms with van der Waals surface area (Å²) in [5.74, 6) is 1.74. The van der Waals surface area contributed by atoms with Gasteiger partial charge in [0.25, 0.3) is 0 Å². The standard InChI is InChI=1S/C14H15Br2NO2/c1-9(13-4-3-5-19-13)17-8-10-6-11(15)14(18-2)12(16)7-10/h3-7,9,17H,8H2,1-2H3. The summed E-state index contributed by atoms with van der Waals surface area (Å²) < 4.78 is 12.5. The van der Waals surface area contributed by atoms with E-state index >= 15 is 0 Å². The second kappa shape index (κ2) is 6.59. The molecule has 0 bridgehead atoms. The largest absolute Gasteiger partial charge is 0.494 e. The zero-order valence-corrected chi connectivity index (χ0v) is 13.9. The van der Waals surface area contributed by atoms with E-state index in [2.05, 4.69) is 44.1 Å². The Kier molecular flexibility index (Phi) is 5.07. The van der Waals surface area contributed by atoms with Gasteiger partial charge in [0.15, 0.2) is 0 Å². The van der Waals surface area contributed by atoms with Crippen molar-refractivity contribution in [1.29, 1.82) is 0 Å². The molecule has 1 aromatic carbocycles. The second-order valence-corrected chi connectivity index (χ2v) is 5.92. The van der Waals surface area contributed by atoms with E-state index in [1.54, 1.807) is 13.4 Å². The number of methoxy groups -OCH3 is 1. The van der Waals surface area contributed by atoms with Crippen LogP contribution in [0.2, 0.25) is 0 Å². The van der Waals surface area contributed by atoms with Gasteiger partial charge in [-0.15, -0.1) is 0 Å². The molecule has 3 nitrogen and oxygen atoms in total. The molecule has 0 saturated heterocycles. The van der Waals surface area contributed by atoms with Crippen LogP contribution in [0.5, 0.6) is 5.75 Å². The lowest BCUT2D eigenvalue weighted by Crippen LogP contribution is -2.17. The molecule has 0 aliphatic rings. The Morgan fingerprint density at radius 1 is 1.32 bits per heavy atom. The minimum atomic E-state index is 0.176. The Morgan fingerprint density at radius 2 is 2.00 bits per heavy atom. The van der Waals surface area contributed by atoms with Gasteiger partial charge in [0.05, 0.1) is 28.4 Å². The maximum Gasteiger partial charge on any atom is 0.147 e. The Bertz CT molecular complexity index is 517. The normalized spacial score (nSPS) is 12.4. The van der Waals surface area contributed by atoms with Gasteiger partial charge in [-0.25, -0.2) is 0 Å². The third kappa shape index (κ3) is 3.61. The fraction of sp³-hybridized carbons (Fsp3) is 0.286. The summed E-state index contributed by atoms with van der Waals surface area (Å²) in [6.07, 6.45) is 1.69. The van der Waals surface area contributed by atoms with E-state index in [1.807, 2.05) is 24.3 Å². The lowest BCUT2D eigenvalue weighted by molar-refractivity contribution is 0.408. The number of hydrogen-bond acceptors (Lipinski definition) is 3. The van der Waals surface area contributed by atoms with E-state index in [4.69, 9.17) is 9.15 Å². The maximum atomic E-state index is 5.37. The third-order valence-corrected chi connectivity index (χ3v) is 4.02. The van der Waals surface area contributed by atoms with Gasteiger partial charge in [-0.3, -0.25) is 0 Å². The first-order valence-corrected chi connectivity index (χ1v) is 7.49. The van der Waals surface area contributed by atoms with Gasteiger partial charge in [0, 0.05) is 6.54 Å². The van der Waals surface area contributed by atoms with Crippen LogP contribution < -0.4 is 10.1 Å². The van der Waals surface area contributed by atoms with Crippen molar-refractivity contribution in [3.05, 3.63) is 50.8 Å². The molecule has 102 valence electrons. The van der Waals surface area contributed by atoms with E-state index in [0.717, 1.165) is 32.6 Å². The van der Waals surface area contributed by atoms with Gasteiger partial charge < -0.3 is 14.5 Å². The Hall–Kier alpha value is -0.780. The van der Waals surface area contributed by atoms with Crippen LogP contribution in [0.25, 0.3) is 0 Å². The molecule has 1 aromatic heterocycles. The molecular formula is C14H15Br2NO2. The van der Waals surface area contributed by atoms with Gasteiger partial charge in [-0.1, -0.05) is 0 Å². The van der Waals surface area contributed by atoms with Gasteiger partial charge in [0.1, 0.15) is 11.5 Å². The lowest BCUT2D eigenvalue weighted by atomic mass is 10.2. The van der Waals surface area contributed by atoms with Crippen molar-refractivity contribution in [3.63, 3.8) is 0 Å². The molecule has 2 aromatic rings. The summed E-state index contributed by atoms with van der Waals surface area (Å²) in [4.78, 5) is 0. The molecule has 1 heterocycles. The summed E-state index contributed by atoms with van der Waals surface area (Å²) in [5.41, 5.74) is 1.16. The average Bonchev–Trinajstić information content (AvgIpc) is 2.89. The van der Waals surface area contributed by atoms with E-state index in [0.29, 0.717) is 0 Å². The highest BCUT2D eigenvalue weighted by atomic mass is 79.9. The van der Waals surface area contributed by atoms with Crippen LogP contribution in [0.15, 0.2) is 43.9 Å². The summed E-state index contributed by atoms with van der Waals surface area (Å²) in [5, 5.41) is 3.42. The number of nitrogens with one attached hydrogen (secondary N) is 1. The molecule has 0 aliphatic carbocycles. The minimum absolute atomic E-state index is 0.176. The summed E-state index contributed by atoms with van der Waals surface area (Å²) >= 11 is 7.01. The molecule has 0 spiro atoms. The molecule has 19 heavy (non-hydrogen) atoms. The summed E-state index contributed by atoms with van der Waals surface area (Å²) in [7, 11) is 1.65. The quantitative estimate of drug-likeness (QED) is 0.808. The highest BCUT2D eigenvalue weighted by Crippen LogP contribution is 2.34. The zero-order valence-electron chi connectivity index (χ0n) is 10.7. The highest BCUT2D eigenvalue weighted by molar-refractivity contribution is 9.11. The Morgan fingerprint density at radius 3 is 2.53 bits per heavy atom. The molecule has 0 amide bonds. The van der Waals surface area contributed by atoms with Crippen LogP contribution in [-0.2, 0) is 6.54 Å². The van der Waals surface area contributed by atoms with Crippen LogP contribution in [0, 0.1) is 0 Å². The van der Waals surface area contributed by atoms with Gasteiger partial charge in [0.2, 0.25) is 0 Å². The molecule has 1 N–H and O–H groups in total. The van der Waals surface area contributed by atoms with E-state index < -0.39 is 0 Å². The van der Waals surface area contributed by atoms with Gasteiger partial charge in [-0.05, 0) is 68.6 Å². The van der Waals surface area contributed by atoms with Gasteiger partial charge in [-0.2, -0.15) is 0 Å². The Labute approximate surface area is 129 Å². The van der Waals surface area contributed by atoms with Crippen molar-refractivity contribution in [3.8, 4) is 5.75 Å². The lowest BCUT2D eigenvalue weighted by Gasteiger charge is -2.13. The second-order valence-electron chi connectivity index (χ2n) is 4.21. The first-order valence-electron chi connectivity index (χ1n) is 5.90. The molecule has 5 heteroatoms. The first-order chi connectivity index (χ1) is 9.11. The van der Waals surface area contributed by atoms with Crippen molar-refractivity contribution < 1.29 is 9.15 Å². The monoisotopic (exact) mass is 387 g/mol. The number of rotatable bonds is 5. The van der Waals surface area contributed by atoms with Crippen LogP contribution in [0.4, 0.5) is 0 Å². The van der Waals surface area contributed by atoms with Crippen molar-refractivity contribution in [1.82, 2.24) is 5.32 Å². The molecule has 0 saturated carbocycles. The van der Waals surface area contributed by atoms with Gasteiger partial charge >= 0.3 is 0 Å². The fourth-order valence-electron chi connectivity index (χ4n) is 1.82. The van der Waals surface area contributed by atoms with E-state index in [1.165, 1.54) is 0 Å². The fourth-order valence-corrected chi connectivity index (χ4v) is 3.42. The maximum absolute atomic E-state index is 5.37. The smallest absolute Gasteiger partial charge is 0.147 e. The number of furan rings is 1. The van der Waals surface area contributed by atoms with Crippen molar-refractivity contribution in [2.45, 2.75) is 19.5 Å². The van der Waals surface area contributed by atoms with Crippen molar-refractivity contribution in [2.75, 3.05) is 7.11 Å². The summed E-state index contributed by atoms with van der Waals surface area (Å²) in [6.45, 7) is 2.83. The topological polar surface area (TPSA) is 34.4 Å². The molecule has 0 fully saturated rings. The third-order valence-electron chi connectivity index (χ3n) is 2.84. The Balaban J connectivity index is 2.04.